The number of esters is 1. The number of piperidine rings is 1. The number of fused-ring (bicyclic) bond motifs is 1. The van der Waals surface area contributed by atoms with Gasteiger partial charge in [-0.2, -0.15) is 0 Å². The van der Waals surface area contributed by atoms with Crippen LogP contribution < -0.4 is 4.74 Å². The molecule has 0 aliphatic carbocycles. The molecule has 2 aliphatic rings. The van der Waals surface area contributed by atoms with Gasteiger partial charge in [0.2, 0.25) is 0 Å². The summed E-state index contributed by atoms with van der Waals surface area (Å²) < 4.78 is 10.2. The van der Waals surface area contributed by atoms with Crippen molar-refractivity contribution < 1.29 is 14.3 Å². The van der Waals surface area contributed by atoms with Crippen molar-refractivity contribution >= 4 is 11.5 Å². The average Bonchev–Trinajstić information content (AvgIpc) is 2.61. The van der Waals surface area contributed by atoms with Gasteiger partial charge in [0.15, 0.2) is 0 Å². The Hall–Kier alpha value is -2.07. The second-order valence-corrected chi connectivity index (χ2v) is 6.06. The molecule has 1 atom stereocenters. The molecule has 3 rings (SSSR count). The van der Waals surface area contributed by atoms with E-state index in [0.29, 0.717) is 6.04 Å². The van der Waals surface area contributed by atoms with Gasteiger partial charge in [-0.3, -0.25) is 4.90 Å². The molecule has 1 aromatic carbocycles. The van der Waals surface area contributed by atoms with Crippen LogP contribution in [0.1, 0.15) is 24.8 Å². The summed E-state index contributed by atoms with van der Waals surface area (Å²) in [6.07, 6.45) is 6.84. The lowest BCUT2D eigenvalue weighted by Crippen LogP contribution is -2.42. The number of benzene rings is 1. The van der Waals surface area contributed by atoms with Crippen LogP contribution in [-0.4, -0.2) is 44.2 Å². The number of hydrogen-bond acceptors (Lipinski definition) is 4. The summed E-state index contributed by atoms with van der Waals surface area (Å²) in [5, 5.41) is 0. The summed E-state index contributed by atoms with van der Waals surface area (Å²) in [7, 11) is 3.14. The second kappa shape index (κ2) is 7.01. The fourth-order valence-electron chi connectivity index (χ4n) is 3.50. The maximum Gasteiger partial charge on any atom is 0.330 e. The van der Waals surface area contributed by atoms with Gasteiger partial charge < -0.3 is 9.47 Å². The maximum atomic E-state index is 11.5. The van der Waals surface area contributed by atoms with Crippen LogP contribution >= 0.6 is 0 Å². The highest BCUT2D eigenvalue weighted by molar-refractivity contribution is 5.82. The first-order valence-electron chi connectivity index (χ1n) is 8.05. The fraction of sp³-hybridized carbons (Fsp3) is 0.421. The Morgan fingerprint density at radius 1 is 1.26 bits per heavy atom. The van der Waals surface area contributed by atoms with E-state index in [1.165, 1.54) is 23.8 Å². The topological polar surface area (TPSA) is 38.8 Å². The SMILES string of the molecule is COC(=O)/C=C1/CCN2CC=C(c3ccccc3OC)CC2C1. The van der Waals surface area contributed by atoms with Crippen molar-refractivity contribution in [3.8, 4) is 5.75 Å². The first kappa shape index (κ1) is 15.8. The van der Waals surface area contributed by atoms with Crippen LogP contribution in [0.25, 0.3) is 5.57 Å². The average molecular weight is 313 g/mol. The molecule has 1 fully saturated rings. The summed E-state index contributed by atoms with van der Waals surface area (Å²) in [6, 6.07) is 8.62. The van der Waals surface area contributed by atoms with Gasteiger partial charge in [-0.1, -0.05) is 29.8 Å². The van der Waals surface area contributed by atoms with Crippen molar-refractivity contribution in [3.63, 3.8) is 0 Å². The van der Waals surface area contributed by atoms with E-state index in [1.54, 1.807) is 13.2 Å². The van der Waals surface area contributed by atoms with Gasteiger partial charge >= 0.3 is 5.97 Å². The molecule has 0 amide bonds. The minimum absolute atomic E-state index is 0.246. The third-order valence-corrected chi connectivity index (χ3v) is 4.74. The Balaban J connectivity index is 1.78. The number of para-hydroxylation sites is 1. The van der Waals surface area contributed by atoms with Crippen molar-refractivity contribution in [1.29, 1.82) is 0 Å². The van der Waals surface area contributed by atoms with E-state index in [4.69, 9.17) is 9.47 Å². The van der Waals surface area contributed by atoms with Crippen LogP contribution in [0.15, 0.2) is 42.0 Å². The van der Waals surface area contributed by atoms with E-state index in [1.807, 2.05) is 12.1 Å². The predicted molar refractivity (Wildman–Crippen MR) is 90.3 cm³/mol. The Kier molecular flexibility index (Phi) is 4.82. The quantitative estimate of drug-likeness (QED) is 0.635. The zero-order valence-corrected chi connectivity index (χ0v) is 13.7. The van der Waals surface area contributed by atoms with Crippen LogP contribution in [0.5, 0.6) is 5.75 Å². The van der Waals surface area contributed by atoms with Gasteiger partial charge in [0.25, 0.3) is 0 Å². The van der Waals surface area contributed by atoms with Gasteiger partial charge in [-0.05, 0) is 30.9 Å². The van der Waals surface area contributed by atoms with Crippen molar-refractivity contribution in [2.24, 2.45) is 0 Å². The van der Waals surface area contributed by atoms with E-state index < -0.39 is 0 Å². The third-order valence-electron chi connectivity index (χ3n) is 4.74. The number of methoxy groups -OCH3 is 2. The van der Waals surface area contributed by atoms with Crippen LogP contribution in [0.2, 0.25) is 0 Å². The molecule has 0 saturated carbocycles. The number of ether oxygens (including phenoxy) is 2. The van der Waals surface area contributed by atoms with Gasteiger partial charge in [-0.15, -0.1) is 0 Å². The van der Waals surface area contributed by atoms with Crippen molar-refractivity contribution in [2.75, 3.05) is 27.3 Å². The minimum atomic E-state index is -0.246. The lowest BCUT2D eigenvalue weighted by Gasteiger charge is -2.40. The highest BCUT2D eigenvalue weighted by Gasteiger charge is 2.29. The van der Waals surface area contributed by atoms with E-state index >= 15 is 0 Å². The molecule has 4 heteroatoms. The van der Waals surface area contributed by atoms with E-state index in [9.17, 15) is 4.79 Å². The Bertz CT molecular complexity index is 648. The molecular weight excluding hydrogens is 290 g/mol. The standard InChI is InChI=1S/C19H23NO3/c1-22-18-6-4-3-5-17(18)15-8-10-20-9-7-14(11-16(20)13-15)12-19(21)23-2/h3-6,8,12,16H,7,9-11,13H2,1-2H3/b14-12-. The van der Waals surface area contributed by atoms with E-state index in [0.717, 1.165) is 38.1 Å². The molecule has 1 aromatic rings. The monoisotopic (exact) mass is 313 g/mol. The zero-order valence-electron chi connectivity index (χ0n) is 13.7. The predicted octanol–water partition coefficient (Wildman–Crippen LogP) is 3.05. The molecule has 2 aliphatic heterocycles. The molecule has 0 radical (unpaired) electrons. The summed E-state index contributed by atoms with van der Waals surface area (Å²) in [6.45, 7) is 1.97. The lowest BCUT2D eigenvalue weighted by molar-refractivity contribution is -0.134. The lowest BCUT2D eigenvalue weighted by atomic mass is 9.86. The molecule has 4 nitrogen and oxygen atoms in total. The van der Waals surface area contributed by atoms with E-state index in [2.05, 4.69) is 23.1 Å². The van der Waals surface area contributed by atoms with Gasteiger partial charge in [0.05, 0.1) is 14.2 Å². The number of nitrogens with zero attached hydrogens (tertiary/aromatic N) is 1. The molecule has 0 spiro atoms. The largest absolute Gasteiger partial charge is 0.496 e. The molecular formula is C19H23NO3. The minimum Gasteiger partial charge on any atom is -0.496 e. The Labute approximate surface area is 137 Å². The summed E-state index contributed by atoms with van der Waals surface area (Å²) in [5.41, 5.74) is 3.71. The highest BCUT2D eigenvalue weighted by atomic mass is 16.5. The summed E-state index contributed by atoms with van der Waals surface area (Å²) >= 11 is 0. The van der Waals surface area contributed by atoms with Crippen LogP contribution in [0.3, 0.4) is 0 Å². The highest BCUT2D eigenvalue weighted by Crippen LogP contribution is 2.36. The first-order chi connectivity index (χ1) is 11.2. The van der Waals surface area contributed by atoms with Crippen LogP contribution in [0.4, 0.5) is 0 Å². The Morgan fingerprint density at radius 3 is 2.87 bits per heavy atom. The van der Waals surface area contributed by atoms with Gasteiger partial charge in [-0.25, -0.2) is 4.79 Å². The summed E-state index contributed by atoms with van der Waals surface area (Å²) in [4.78, 5) is 14.0. The van der Waals surface area contributed by atoms with E-state index in [-0.39, 0.29) is 5.97 Å². The molecule has 23 heavy (non-hydrogen) atoms. The zero-order chi connectivity index (χ0) is 16.2. The molecule has 1 unspecified atom stereocenters. The smallest absolute Gasteiger partial charge is 0.330 e. The number of carbonyl (C=O) groups excluding carboxylic acids is 1. The second-order valence-electron chi connectivity index (χ2n) is 6.06. The third kappa shape index (κ3) is 3.48. The molecule has 0 bridgehead atoms. The molecule has 2 heterocycles. The molecule has 122 valence electrons. The molecule has 1 saturated heterocycles. The number of carbonyl (C=O) groups is 1. The molecule has 0 N–H and O–H groups in total. The molecule has 0 aromatic heterocycles. The van der Waals surface area contributed by atoms with Crippen LogP contribution in [0, 0.1) is 0 Å². The first-order valence-corrected chi connectivity index (χ1v) is 8.05. The van der Waals surface area contributed by atoms with Gasteiger partial charge in [0.1, 0.15) is 5.75 Å². The number of hydrogen-bond donors (Lipinski definition) is 0. The van der Waals surface area contributed by atoms with Gasteiger partial charge in [0, 0.05) is 30.8 Å². The van der Waals surface area contributed by atoms with Crippen molar-refractivity contribution in [2.45, 2.75) is 25.3 Å². The maximum absolute atomic E-state index is 11.5. The fourth-order valence-corrected chi connectivity index (χ4v) is 3.50. The van der Waals surface area contributed by atoms with Crippen LogP contribution in [-0.2, 0) is 9.53 Å². The number of rotatable bonds is 3. The summed E-state index contributed by atoms with van der Waals surface area (Å²) in [5.74, 6) is 0.679. The Morgan fingerprint density at radius 2 is 2.09 bits per heavy atom. The van der Waals surface area contributed by atoms with Crippen molar-refractivity contribution in [3.05, 3.63) is 47.6 Å². The normalized spacial score (nSPS) is 23.1. The van der Waals surface area contributed by atoms with Crippen molar-refractivity contribution in [1.82, 2.24) is 4.90 Å².